The number of anilines is 1. The van der Waals surface area contributed by atoms with E-state index >= 15 is 0 Å². The summed E-state index contributed by atoms with van der Waals surface area (Å²) in [7, 11) is 1.60. The van der Waals surface area contributed by atoms with Crippen molar-refractivity contribution in [3.8, 4) is 5.75 Å². The molecule has 2 aromatic rings. The third kappa shape index (κ3) is 5.08. The summed E-state index contributed by atoms with van der Waals surface area (Å²) in [5, 5.41) is 11.8. The van der Waals surface area contributed by atoms with Crippen LogP contribution in [0.5, 0.6) is 5.75 Å². The zero-order valence-electron chi connectivity index (χ0n) is 14.7. The number of rotatable bonds is 7. The summed E-state index contributed by atoms with van der Waals surface area (Å²) in [5.74, 6) is -0.891. The van der Waals surface area contributed by atoms with Crippen molar-refractivity contribution in [2.45, 2.75) is 26.2 Å². The first-order valence-corrected chi connectivity index (χ1v) is 8.17. The molecule has 0 bridgehead atoms. The van der Waals surface area contributed by atoms with E-state index in [0.717, 1.165) is 16.9 Å². The second-order valence-electron chi connectivity index (χ2n) is 6.12. The Bertz CT molecular complexity index is 722. The summed E-state index contributed by atoms with van der Waals surface area (Å²) in [5.41, 5.74) is 2.53. The van der Waals surface area contributed by atoms with E-state index in [1.807, 2.05) is 43.3 Å². The van der Waals surface area contributed by atoms with Crippen LogP contribution in [0.2, 0.25) is 0 Å². The van der Waals surface area contributed by atoms with Crippen LogP contribution >= 0.6 is 0 Å². The van der Waals surface area contributed by atoms with Gasteiger partial charge in [-0.2, -0.15) is 0 Å². The van der Waals surface area contributed by atoms with Gasteiger partial charge in [-0.3, -0.25) is 9.59 Å². The number of carbonyl (C=O) groups is 2. The number of carboxylic acid groups (broad SMARTS) is 1. The SMILES string of the molecule is COc1ccc(C(C)C(=O)Nc2ccc(CC(C)C(=O)O)cc2)cc1. The van der Waals surface area contributed by atoms with Gasteiger partial charge in [-0.05, 0) is 48.7 Å². The largest absolute Gasteiger partial charge is 0.497 e. The highest BCUT2D eigenvalue weighted by Crippen LogP contribution is 2.21. The first kappa shape index (κ1) is 18.5. The van der Waals surface area contributed by atoms with Gasteiger partial charge in [-0.15, -0.1) is 0 Å². The van der Waals surface area contributed by atoms with Gasteiger partial charge in [-0.1, -0.05) is 31.2 Å². The van der Waals surface area contributed by atoms with Crippen LogP contribution in [0.4, 0.5) is 5.69 Å². The fraction of sp³-hybridized carbons (Fsp3) is 0.300. The lowest BCUT2D eigenvalue weighted by molar-refractivity contribution is -0.141. The Morgan fingerprint density at radius 2 is 1.64 bits per heavy atom. The van der Waals surface area contributed by atoms with Gasteiger partial charge in [0.05, 0.1) is 18.9 Å². The maximum atomic E-state index is 12.4. The van der Waals surface area contributed by atoms with Gasteiger partial charge in [0.1, 0.15) is 5.75 Å². The minimum atomic E-state index is -0.814. The van der Waals surface area contributed by atoms with Crippen LogP contribution in [0.15, 0.2) is 48.5 Å². The lowest BCUT2D eigenvalue weighted by atomic mass is 9.99. The number of carboxylic acids is 1. The molecule has 1 amide bonds. The summed E-state index contributed by atoms with van der Waals surface area (Å²) >= 11 is 0. The van der Waals surface area contributed by atoms with Gasteiger partial charge in [0, 0.05) is 5.69 Å². The molecule has 132 valence electrons. The molecule has 0 aliphatic rings. The Morgan fingerprint density at radius 1 is 1.04 bits per heavy atom. The standard InChI is InChI=1S/C20H23NO4/c1-13(20(23)24)12-15-4-8-17(9-5-15)21-19(22)14(2)16-6-10-18(25-3)11-7-16/h4-11,13-14H,12H2,1-3H3,(H,21,22)(H,23,24). The van der Waals surface area contributed by atoms with E-state index in [0.29, 0.717) is 12.1 Å². The molecule has 25 heavy (non-hydrogen) atoms. The van der Waals surface area contributed by atoms with E-state index in [2.05, 4.69) is 5.32 Å². The monoisotopic (exact) mass is 341 g/mol. The molecular weight excluding hydrogens is 318 g/mol. The average molecular weight is 341 g/mol. The molecule has 0 fully saturated rings. The fourth-order valence-electron chi connectivity index (χ4n) is 2.46. The van der Waals surface area contributed by atoms with Crippen LogP contribution in [0.3, 0.4) is 0 Å². The lowest BCUT2D eigenvalue weighted by Gasteiger charge is -2.14. The Morgan fingerprint density at radius 3 is 2.16 bits per heavy atom. The maximum absolute atomic E-state index is 12.4. The van der Waals surface area contributed by atoms with E-state index < -0.39 is 11.9 Å². The number of nitrogens with one attached hydrogen (secondary N) is 1. The van der Waals surface area contributed by atoms with Crippen molar-refractivity contribution in [1.29, 1.82) is 0 Å². The number of amides is 1. The maximum Gasteiger partial charge on any atom is 0.306 e. The summed E-state index contributed by atoms with van der Waals surface area (Å²) in [6.07, 6.45) is 0.464. The molecule has 2 rings (SSSR count). The number of aliphatic carboxylic acids is 1. The Kier molecular flexibility index (Phi) is 6.17. The van der Waals surface area contributed by atoms with Crippen LogP contribution in [-0.4, -0.2) is 24.1 Å². The summed E-state index contributed by atoms with van der Waals surface area (Å²) in [6, 6.07) is 14.7. The van der Waals surface area contributed by atoms with Gasteiger partial charge < -0.3 is 15.2 Å². The normalized spacial score (nSPS) is 12.9. The van der Waals surface area contributed by atoms with Crippen LogP contribution in [0.25, 0.3) is 0 Å². The number of hydrogen-bond donors (Lipinski definition) is 2. The molecule has 2 unspecified atom stereocenters. The van der Waals surface area contributed by atoms with Crippen LogP contribution in [0, 0.1) is 5.92 Å². The predicted molar refractivity (Wildman–Crippen MR) is 97.0 cm³/mol. The van der Waals surface area contributed by atoms with Gasteiger partial charge in [0.2, 0.25) is 5.91 Å². The average Bonchev–Trinajstić information content (AvgIpc) is 2.62. The van der Waals surface area contributed by atoms with Crippen molar-refractivity contribution in [2.24, 2.45) is 5.92 Å². The van der Waals surface area contributed by atoms with Crippen molar-refractivity contribution in [2.75, 3.05) is 12.4 Å². The van der Waals surface area contributed by atoms with E-state index in [1.165, 1.54) is 0 Å². The number of benzene rings is 2. The summed E-state index contributed by atoms with van der Waals surface area (Å²) in [6.45, 7) is 3.52. The predicted octanol–water partition coefficient (Wildman–Crippen LogP) is 3.70. The fourth-order valence-corrected chi connectivity index (χ4v) is 2.46. The first-order chi connectivity index (χ1) is 11.9. The van der Waals surface area contributed by atoms with Crippen molar-refractivity contribution < 1.29 is 19.4 Å². The highest BCUT2D eigenvalue weighted by molar-refractivity contribution is 5.95. The molecular formula is C20H23NO4. The molecule has 5 nitrogen and oxygen atoms in total. The zero-order chi connectivity index (χ0) is 18.4. The van der Waals surface area contributed by atoms with Crippen molar-refractivity contribution in [1.82, 2.24) is 0 Å². The number of ether oxygens (including phenoxy) is 1. The number of hydrogen-bond acceptors (Lipinski definition) is 3. The van der Waals surface area contributed by atoms with Crippen molar-refractivity contribution in [3.05, 3.63) is 59.7 Å². The molecule has 0 aliphatic carbocycles. The Balaban J connectivity index is 1.98. The minimum Gasteiger partial charge on any atom is -0.497 e. The number of carbonyl (C=O) groups excluding carboxylic acids is 1. The molecule has 0 saturated heterocycles. The molecule has 0 aliphatic heterocycles. The summed E-state index contributed by atoms with van der Waals surface area (Å²) < 4.78 is 5.12. The summed E-state index contributed by atoms with van der Waals surface area (Å²) in [4.78, 5) is 23.3. The van der Waals surface area contributed by atoms with Crippen LogP contribution < -0.4 is 10.1 Å². The van der Waals surface area contributed by atoms with E-state index in [9.17, 15) is 9.59 Å². The molecule has 0 radical (unpaired) electrons. The minimum absolute atomic E-state index is 0.100. The van der Waals surface area contributed by atoms with Crippen LogP contribution in [0.1, 0.15) is 30.9 Å². The third-order valence-electron chi connectivity index (χ3n) is 4.19. The second kappa shape index (κ2) is 8.33. The van der Waals surface area contributed by atoms with E-state index in [4.69, 9.17) is 9.84 Å². The Hall–Kier alpha value is -2.82. The Labute approximate surface area is 147 Å². The molecule has 0 heterocycles. The molecule has 2 aromatic carbocycles. The van der Waals surface area contributed by atoms with E-state index in [-0.39, 0.29) is 11.8 Å². The second-order valence-corrected chi connectivity index (χ2v) is 6.12. The lowest BCUT2D eigenvalue weighted by Crippen LogP contribution is -2.18. The quantitative estimate of drug-likeness (QED) is 0.805. The van der Waals surface area contributed by atoms with Crippen LogP contribution in [-0.2, 0) is 16.0 Å². The highest BCUT2D eigenvalue weighted by atomic mass is 16.5. The topological polar surface area (TPSA) is 75.6 Å². The number of methoxy groups -OCH3 is 1. The molecule has 2 N–H and O–H groups in total. The first-order valence-electron chi connectivity index (χ1n) is 8.17. The molecule has 5 heteroatoms. The highest BCUT2D eigenvalue weighted by Gasteiger charge is 2.16. The molecule has 0 spiro atoms. The molecule has 2 atom stereocenters. The van der Waals surface area contributed by atoms with Gasteiger partial charge >= 0.3 is 5.97 Å². The van der Waals surface area contributed by atoms with Gasteiger partial charge in [0.25, 0.3) is 0 Å². The third-order valence-corrected chi connectivity index (χ3v) is 4.19. The van der Waals surface area contributed by atoms with Crippen molar-refractivity contribution >= 4 is 17.6 Å². The van der Waals surface area contributed by atoms with Gasteiger partial charge in [0.15, 0.2) is 0 Å². The van der Waals surface area contributed by atoms with E-state index in [1.54, 1.807) is 26.2 Å². The van der Waals surface area contributed by atoms with Gasteiger partial charge in [-0.25, -0.2) is 0 Å². The molecule has 0 saturated carbocycles. The zero-order valence-corrected chi connectivity index (χ0v) is 14.7. The smallest absolute Gasteiger partial charge is 0.306 e. The molecule has 0 aromatic heterocycles. The van der Waals surface area contributed by atoms with Crippen molar-refractivity contribution in [3.63, 3.8) is 0 Å².